The molecule has 0 bridgehead atoms. The Balaban J connectivity index is 1.04. The van der Waals surface area contributed by atoms with E-state index >= 15 is 4.57 Å². The summed E-state index contributed by atoms with van der Waals surface area (Å²) in [5.41, 5.74) is 5.81. The van der Waals surface area contributed by atoms with Gasteiger partial charge in [-0.1, -0.05) is 387 Å². The van der Waals surface area contributed by atoms with E-state index in [9.17, 15) is 14.4 Å². The third-order valence-electron chi connectivity index (χ3n) is 22.3. The van der Waals surface area contributed by atoms with Gasteiger partial charge in [0.25, 0.3) is 0 Å². The molecule has 0 amide bonds. The molecule has 0 radical (unpaired) electrons. The zero-order valence-corrected chi connectivity index (χ0v) is 75.7. The Morgan fingerprint density at radius 3 is 0.960 bits per heavy atom. The molecule has 0 aliphatic carbocycles. The molecule has 125 heavy (non-hydrogen) atoms. The molecular formula is C103H143O21P. The normalized spacial score (nSPS) is 19.7. The molecular weight excluding hydrogens is 1600 g/mol. The van der Waals surface area contributed by atoms with E-state index in [1.165, 1.54) is 136 Å². The highest BCUT2D eigenvalue weighted by Crippen LogP contribution is 2.52. The van der Waals surface area contributed by atoms with Crippen molar-refractivity contribution < 1.29 is 98.8 Å². The number of carbonyl (C=O) groups is 3. The highest BCUT2D eigenvalue weighted by atomic mass is 31.2. The van der Waals surface area contributed by atoms with Crippen molar-refractivity contribution in [3.05, 3.63) is 251 Å². The topological polar surface area (TPSA) is 225 Å². The van der Waals surface area contributed by atoms with Crippen LogP contribution in [0.15, 0.2) is 212 Å². The third-order valence-corrected chi connectivity index (χ3v) is 23.8. The van der Waals surface area contributed by atoms with E-state index in [0.717, 1.165) is 78.3 Å². The van der Waals surface area contributed by atoms with Gasteiger partial charge in [0, 0.05) is 26.9 Å². The molecule has 1 unspecified atom stereocenters. The zero-order valence-electron chi connectivity index (χ0n) is 74.9. The van der Waals surface area contributed by atoms with Gasteiger partial charge in [0.2, 0.25) is 0 Å². The molecule has 0 spiro atoms. The zero-order chi connectivity index (χ0) is 87.7. The number of phosphoric ester groups is 1. The van der Waals surface area contributed by atoms with Crippen LogP contribution in [0.25, 0.3) is 0 Å². The summed E-state index contributed by atoms with van der Waals surface area (Å²) in [6, 6.07) is 67.1. The van der Waals surface area contributed by atoms with Gasteiger partial charge < -0.3 is 66.3 Å². The molecule has 2 aliphatic rings. The number of hydrogen-bond donors (Lipinski definition) is 0. The molecule has 12 atom stereocenters. The maximum absolute atomic E-state index is 16.5. The number of hydrogen-bond acceptors (Lipinski definition) is 21. The van der Waals surface area contributed by atoms with Crippen LogP contribution in [0.3, 0.4) is 0 Å². The average molecular weight is 1750 g/mol. The summed E-state index contributed by atoms with van der Waals surface area (Å²) in [7, 11) is -4.96. The first-order valence-corrected chi connectivity index (χ1v) is 48.0. The number of esters is 3. The lowest BCUT2D eigenvalue weighted by molar-refractivity contribution is -0.331. The summed E-state index contributed by atoms with van der Waals surface area (Å²) in [4.78, 5) is 41.4. The van der Waals surface area contributed by atoms with Crippen molar-refractivity contribution in [1.29, 1.82) is 0 Å². The summed E-state index contributed by atoms with van der Waals surface area (Å²) in [6.07, 6.45) is 17.9. The molecule has 21 nitrogen and oxygen atoms in total. The average Bonchev–Trinajstić information content (AvgIpc) is 0.788. The van der Waals surface area contributed by atoms with Crippen LogP contribution in [0, 0.1) is 0 Å². The largest absolute Gasteiger partial charge is 0.475 e. The second-order valence-corrected chi connectivity index (χ2v) is 34.6. The van der Waals surface area contributed by atoms with E-state index in [0.29, 0.717) is 18.6 Å². The Labute approximate surface area is 745 Å². The van der Waals surface area contributed by atoms with E-state index in [2.05, 4.69) is 13.8 Å². The van der Waals surface area contributed by atoms with Gasteiger partial charge in [-0.25, -0.2) is 4.57 Å². The van der Waals surface area contributed by atoms with Crippen LogP contribution < -0.4 is 0 Å². The molecule has 2 aliphatic heterocycles. The van der Waals surface area contributed by atoms with Gasteiger partial charge >= 0.3 is 25.7 Å². The molecule has 2 fully saturated rings. The molecule has 0 aromatic heterocycles. The smallest absolute Gasteiger partial charge is 0.463 e. The minimum atomic E-state index is -4.96. The SMILES string of the molecule is CCCCCCCCCCCCCCCCO[C@H](COC(=O)CCCCCCCCCCCCCCC)COP(=O)(OCc1ccccc1)OC(CO[C@H]1O[C@H](COCc2ccccc2)[C@@H](OCc2ccccc2)[C@H](OCc2ccccc2)[C@@H]1OC(C)=O)CO[C@H]1O[C@H](COCc2ccccc2)[C@@H](OCc2ccccc2)[C@H](OCc2ccccc2)[C@@H]1OC(C)=O. The van der Waals surface area contributed by atoms with Gasteiger partial charge in [-0.15, -0.1) is 0 Å². The predicted molar refractivity (Wildman–Crippen MR) is 484 cm³/mol. The van der Waals surface area contributed by atoms with Crippen LogP contribution in [-0.2, 0) is 145 Å². The fourth-order valence-corrected chi connectivity index (χ4v) is 16.8. The number of ether oxygens (including phenoxy) is 14. The highest BCUT2D eigenvalue weighted by Gasteiger charge is 2.53. The summed E-state index contributed by atoms with van der Waals surface area (Å²) < 4.78 is 131. The minimum Gasteiger partial charge on any atom is -0.463 e. The van der Waals surface area contributed by atoms with Crippen LogP contribution >= 0.6 is 7.82 Å². The molecule has 2 heterocycles. The van der Waals surface area contributed by atoms with Crippen LogP contribution in [0.4, 0.5) is 0 Å². The lowest BCUT2D eigenvalue weighted by Gasteiger charge is -2.46. The van der Waals surface area contributed by atoms with Crippen LogP contribution in [0.2, 0.25) is 0 Å². The molecule has 0 saturated carbocycles. The molecule has 7 aromatic rings. The quantitative estimate of drug-likeness (QED) is 0.0149. The summed E-state index contributed by atoms with van der Waals surface area (Å²) >= 11 is 0. The van der Waals surface area contributed by atoms with Crippen molar-refractivity contribution in [2.24, 2.45) is 0 Å². The first kappa shape index (κ1) is 101. The van der Waals surface area contributed by atoms with Crippen LogP contribution in [0.5, 0.6) is 0 Å². The Kier molecular flexibility index (Phi) is 50.2. The maximum atomic E-state index is 16.5. The number of unbranched alkanes of at least 4 members (excludes halogenated alkanes) is 25. The second kappa shape index (κ2) is 62.0. The first-order valence-electron chi connectivity index (χ1n) is 46.5. The Hall–Kier alpha value is -7.38. The first-order chi connectivity index (χ1) is 61.4. The van der Waals surface area contributed by atoms with E-state index < -0.39 is 113 Å². The van der Waals surface area contributed by atoms with E-state index in [1.54, 1.807) is 0 Å². The van der Waals surface area contributed by atoms with E-state index in [-0.39, 0.29) is 78.5 Å². The van der Waals surface area contributed by atoms with Gasteiger partial charge in [-0.2, -0.15) is 0 Å². The minimum absolute atomic E-state index is 0.0534. The molecule has 2 saturated heterocycles. The van der Waals surface area contributed by atoms with Crippen LogP contribution in [-0.4, -0.2) is 138 Å². The van der Waals surface area contributed by atoms with Crippen molar-refractivity contribution in [1.82, 2.24) is 0 Å². The monoisotopic (exact) mass is 1750 g/mol. The summed E-state index contributed by atoms with van der Waals surface area (Å²) in [5.74, 6) is -1.74. The molecule has 9 rings (SSSR count). The Morgan fingerprint density at radius 2 is 0.624 bits per heavy atom. The van der Waals surface area contributed by atoms with Crippen molar-refractivity contribution in [3.63, 3.8) is 0 Å². The number of rotatable bonds is 68. The number of benzene rings is 7. The van der Waals surface area contributed by atoms with Gasteiger partial charge in [0.05, 0.1) is 79.3 Å². The Morgan fingerprint density at radius 1 is 0.320 bits per heavy atom. The van der Waals surface area contributed by atoms with Gasteiger partial charge in [-0.05, 0) is 51.8 Å². The number of carbonyl (C=O) groups excluding carboxylic acids is 3. The second-order valence-electron chi connectivity index (χ2n) is 32.9. The lowest BCUT2D eigenvalue weighted by Crippen LogP contribution is -2.62. The molecule has 686 valence electrons. The van der Waals surface area contributed by atoms with Gasteiger partial charge in [0.1, 0.15) is 55.4 Å². The summed E-state index contributed by atoms with van der Waals surface area (Å²) in [5, 5.41) is 0. The lowest BCUT2D eigenvalue weighted by atomic mass is 9.97. The number of phosphoric acid groups is 1. The predicted octanol–water partition coefficient (Wildman–Crippen LogP) is 22.7. The van der Waals surface area contributed by atoms with E-state index in [4.69, 9.17) is 79.9 Å². The standard InChI is InChI=1S/C103H143O21P/c1-5-7-9-11-13-15-17-19-21-23-25-27-29-52-68-110-91(76-111-95(106)67-51-28-26-24-22-20-18-16-14-12-10-8-6-2)79-119-125(107,118-75-90-65-49-36-50-66-90)124-92(77-116-102-100(120-82(3)104)98(114-73-88-61-45-34-46-62-88)96(112-71-86-57-41-32-42-58-86)93(122-102)80-108-69-84-53-37-30-38-54-84)78-117-103-101(121-83(4)105)99(115-74-89-63-47-35-48-64-89)97(113-72-87-59-43-33-44-60-87)94(123-103)81-109-70-85-55-39-31-40-56-85/h30-50,53-66,91-94,96-103H,5-29,51-52,67-81H2,1-4H3/t91-,93-,94-,96-,97-,98+,99+,100+,101+,102+,103+,125?/m1/s1. The molecule has 7 aromatic carbocycles. The fourth-order valence-electron chi connectivity index (χ4n) is 15.4. The van der Waals surface area contributed by atoms with E-state index in [1.807, 2.05) is 212 Å². The van der Waals surface area contributed by atoms with Crippen LogP contribution in [0.1, 0.15) is 246 Å². The fraction of sp³-hybridized carbons (Fsp3) is 0.563. The van der Waals surface area contributed by atoms with Crippen molar-refractivity contribution in [2.45, 2.75) is 327 Å². The third kappa shape index (κ3) is 41.3. The van der Waals surface area contributed by atoms with Crippen molar-refractivity contribution >= 4 is 25.7 Å². The van der Waals surface area contributed by atoms with Gasteiger partial charge in [-0.3, -0.25) is 28.0 Å². The molecule has 0 N–H and O–H groups in total. The highest BCUT2D eigenvalue weighted by molar-refractivity contribution is 7.48. The van der Waals surface area contributed by atoms with Crippen molar-refractivity contribution in [3.8, 4) is 0 Å². The maximum Gasteiger partial charge on any atom is 0.475 e. The Bertz CT molecular complexity index is 3760. The van der Waals surface area contributed by atoms with Crippen molar-refractivity contribution in [2.75, 3.05) is 46.2 Å². The van der Waals surface area contributed by atoms with Gasteiger partial charge in [0.15, 0.2) is 24.8 Å². The molecule has 22 heteroatoms. The summed E-state index contributed by atoms with van der Waals surface area (Å²) in [6.45, 7) is 5.98.